The first-order valence-electron chi connectivity index (χ1n) is 7.43. The molecule has 1 N–H and O–H groups in total. The van der Waals surface area contributed by atoms with Gasteiger partial charge in [0.1, 0.15) is 5.69 Å². The van der Waals surface area contributed by atoms with Crippen LogP contribution in [0.3, 0.4) is 0 Å². The second-order valence-electron chi connectivity index (χ2n) is 5.23. The Morgan fingerprint density at radius 2 is 1.71 bits per heavy atom. The van der Waals surface area contributed by atoms with Crippen molar-refractivity contribution in [3.05, 3.63) is 71.8 Å². The molecule has 3 aromatic rings. The molecule has 1 aromatic carbocycles. The Labute approximate surface area is 144 Å². The fourth-order valence-electron chi connectivity index (χ4n) is 2.14. The van der Waals surface area contributed by atoms with Crippen molar-refractivity contribution in [2.75, 3.05) is 5.32 Å². The Hall–Kier alpha value is -2.73. The molecule has 2 heterocycles. The number of carbonyl (C=O) groups excluding carboxylic acids is 1. The highest BCUT2D eigenvalue weighted by atomic mass is 32.2. The lowest BCUT2D eigenvalue weighted by atomic mass is 10.3. The summed E-state index contributed by atoms with van der Waals surface area (Å²) in [4.78, 5) is 25.9. The van der Waals surface area contributed by atoms with Crippen LogP contribution in [-0.2, 0) is 0 Å². The van der Waals surface area contributed by atoms with E-state index in [0.29, 0.717) is 5.69 Å². The summed E-state index contributed by atoms with van der Waals surface area (Å²) < 4.78 is 0. The molecule has 0 saturated carbocycles. The number of carbonyl (C=O) groups is 1. The minimum Gasteiger partial charge on any atom is -0.321 e. The van der Waals surface area contributed by atoms with Crippen LogP contribution in [0.5, 0.6) is 0 Å². The van der Waals surface area contributed by atoms with E-state index in [2.05, 4.69) is 20.3 Å². The van der Waals surface area contributed by atoms with Gasteiger partial charge >= 0.3 is 0 Å². The predicted octanol–water partition coefficient (Wildman–Crippen LogP) is 3.89. The minimum atomic E-state index is -0.228. The topological polar surface area (TPSA) is 67.8 Å². The van der Waals surface area contributed by atoms with Crippen LogP contribution in [0.15, 0.2) is 64.8 Å². The van der Waals surface area contributed by atoms with Gasteiger partial charge < -0.3 is 5.32 Å². The second kappa shape index (κ2) is 7.23. The second-order valence-corrected chi connectivity index (χ2v) is 6.27. The van der Waals surface area contributed by atoms with E-state index >= 15 is 0 Å². The molecule has 24 heavy (non-hydrogen) atoms. The molecule has 0 unspecified atom stereocenters. The van der Waals surface area contributed by atoms with E-state index in [9.17, 15) is 4.79 Å². The van der Waals surface area contributed by atoms with E-state index in [4.69, 9.17) is 0 Å². The van der Waals surface area contributed by atoms with Gasteiger partial charge in [0, 0.05) is 28.2 Å². The molecule has 0 aliphatic rings. The van der Waals surface area contributed by atoms with E-state index in [1.807, 2.05) is 44.2 Å². The van der Waals surface area contributed by atoms with E-state index in [1.165, 1.54) is 11.8 Å². The van der Waals surface area contributed by atoms with Crippen molar-refractivity contribution in [2.24, 2.45) is 0 Å². The Bertz CT molecular complexity index is 830. The van der Waals surface area contributed by atoms with Gasteiger partial charge in [0.25, 0.3) is 5.91 Å². The third-order valence-electron chi connectivity index (χ3n) is 3.18. The summed E-state index contributed by atoms with van der Waals surface area (Å²) in [6.07, 6.45) is 1.60. The zero-order chi connectivity index (χ0) is 16.9. The lowest BCUT2D eigenvalue weighted by Gasteiger charge is -2.06. The van der Waals surface area contributed by atoms with Crippen molar-refractivity contribution >= 4 is 23.4 Å². The van der Waals surface area contributed by atoms with Gasteiger partial charge in [-0.15, -0.1) is 0 Å². The molecule has 0 saturated heterocycles. The smallest absolute Gasteiger partial charge is 0.274 e. The molecule has 5 nitrogen and oxygen atoms in total. The number of nitrogens with one attached hydrogen (secondary N) is 1. The third-order valence-corrected chi connectivity index (χ3v) is 4.05. The first kappa shape index (κ1) is 16.1. The van der Waals surface area contributed by atoms with Crippen LogP contribution in [0.4, 0.5) is 5.69 Å². The van der Waals surface area contributed by atoms with Crippen LogP contribution in [0.2, 0.25) is 0 Å². The third kappa shape index (κ3) is 4.17. The van der Waals surface area contributed by atoms with Crippen molar-refractivity contribution in [1.82, 2.24) is 15.0 Å². The highest BCUT2D eigenvalue weighted by Crippen LogP contribution is 2.26. The first-order valence-corrected chi connectivity index (χ1v) is 8.24. The van der Waals surface area contributed by atoms with Crippen LogP contribution in [0.1, 0.15) is 21.9 Å². The molecule has 1 amide bonds. The van der Waals surface area contributed by atoms with Crippen molar-refractivity contribution in [3.8, 4) is 0 Å². The van der Waals surface area contributed by atoms with Crippen molar-refractivity contribution in [2.45, 2.75) is 23.9 Å². The summed E-state index contributed by atoms with van der Waals surface area (Å²) in [5.74, 6) is -0.228. The average molecular weight is 336 g/mol. The van der Waals surface area contributed by atoms with Crippen molar-refractivity contribution in [3.63, 3.8) is 0 Å². The lowest BCUT2D eigenvalue weighted by molar-refractivity contribution is 0.102. The number of aryl methyl sites for hydroxylation is 2. The highest BCUT2D eigenvalue weighted by molar-refractivity contribution is 7.99. The number of hydrogen-bond acceptors (Lipinski definition) is 5. The Morgan fingerprint density at radius 1 is 1.00 bits per heavy atom. The molecule has 0 bridgehead atoms. The van der Waals surface area contributed by atoms with Crippen LogP contribution < -0.4 is 5.32 Å². The van der Waals surface area contributed by atoms with Gasteiger partial charge in [-0.3, -0.25) is 9.78 Å². The van der Waals surface area contributed by atoms with Gasteiger partial charge in [0.15, 0.2) is 5.16 Å². The van der Waals surface area contributed by atoms with Gasteiger partial charge in [-0.2, -0.15) is 0 Å². The van der Waals surface area contributed by atoms with Crippen LogP contribution >= 0.6 is 11.8 Å². The lowest BCUT2D eigenvalue weighted by Crippen LogP contribution is -2.13. The molecule has 0 fully saturated rings. The number of nitrogens with zero attached hydrogens (tertiary/aromatic N) is 3. The van der Waals surface area contributed by atoms with Crippen LogP contribution in [0.25, 0.3) is 0 Å². The van der Waals surface area contributed by atoms with Gasteiger partial charge in [-0.05, 0) is 68.1 Å². The Balaban J connectivity index is 1.68. The summed E-state index contributed by atoms with van der Waals surface area (Å²) in [7, 11) is 0. The molecule has 0 aliphatic carbocycles. The molecule has 3 rings (SSSR count). The molecule has 2 aromatic heterocycles. The maximum absolute atomic E-state index is 12.1. The summed E-state index contributed by atoms with van der Waals surface area (Å²) in [6, 6.07) is 14.7. The first-order chi connectivity index (χ1) is 11.6. The van der Waals surface area contributed by atoms with Gasteiger partial charge in [-0.1, -0.05) is 6.07 Å². The fourth-order valence-corrected chi connectivity index (χ4v) is 3.01. The number of benzene rings is 1. The van der Waals surface area contributed by atoms with Gasteiger partial charge in [0.05, 0.1) is 0 Å². The number of hydrogen-bond donors (Lipinski definition) is 1. The Morgan fingerprint density at radius 3 is 2.33 bits per heavy atom. The van der Waals surface area contributed by atoms with Gasteiger partial charge in [0.2, 0.25) is 0 Å². The molecule has 0 spiro atoms. The number of rotatable bonds is 4. The molecular formula is C18H16N4OS. The fraction of sp³-hybridized carbons (Fsp3) is 0.111. The molecule has 6 heteroatoms. The van der Waals surface area contributed by atoms with E-state index in [0.717, 1.165) is 27.1 Å². The molecular weight excluding hydrogens is 320 g/mol. The maximum atomic E-state index is 12.1. The normalized spacial score (nSPS) is 10.4. The summed E-state index contributed by atoms with van der Waals surface area (Å²) in [5, 5.41) is 3.55. The summed E-state index contributed by atoms with van der Waals surface area (Å²) >= 11 is 1.49. The highest BCUT2D eigenvalue weighted by Gasteiger charge is 2.07. The largest absolute Gasteiger partial charge is 0.321 e. The van der Waals surface area contributed by atoms with E-state index in [-0.39, 0.29) is 5.91 Å². The number of amides is 1. The summed E-state index contributed by atoms with van der Waals surface area (Å²) in [5.41, 5.74) is 3.00. The Kier molecular flexibility index (Phi) is 4.86. The zero-order valence-corrected chi connectivity index (χ0v) is 14.2. The SMILES string of the molecule is Cc1cc(C)nc(Sc2ccc(NC(=O)c3ccccn3)cc2)n1. The van der Waals surface area contributed by atoms with Crippen LogP contribution in [0, 0.1) is 13.8 Å². The average Bonchev–Trinajstić information content (AvgIpc) is 2.56. The molecule has 0 radical (unpaired) electrons. The number of anilines is 1. The zero-order valence-electron chi connectivity index (χ0n) is 13.4. The number of pyridine rings is 1. The van der Waals surface area contributed by atoms with Crippen LogP contribution in [-0.4, -0.2) is 20.9 Å². The summed E-state index contributed by atoms with van der Waals surface area (Å²) in [6.45, 7) is 3.91. The standard InChI is InChI=1S/C18H16N4OS/c1-12-11-13(2)21-18(20-12)24-15-8-6-14(7-9-15)22-17(23)16-5-3-4-10-19-16/h3-11H,1-2H3,(H,22,23). The maximum Gasteiger partial charge on any atom is 0.274 e. The number of aromatic nitrogens is 3. The quantitative estimate of drug-likeness (QED) is 0.732. The van der Waals surface area contributed by atoms with E-state index < -0.39 is 0 Å². The van der Waals surface area contributed by atoms with Crippen molar-refractivity contribution in [1.29, 1.82) is 0 Å². The minimum absolute atomic E-state index is 0.228. The monoisotopic (exact) mass is 336 g/mol. The molecule has 0 aliphatic heterocycles. The van der Waals surface area contributed by atoms with Crippen molar-refractivity contribution < 1.29 is 4.79 Å². The van der Waals surface area contributed by atoms with E-state index in [1.54, 1.807) is 24.4 Å². The van der Waals surface area contributed by atoms with Gasteiger partial charge in [-0.25, -0.2) is 9.97 Å². The molecule has 0 atom stereocenters. The predicted molar refractivity (Wildman–Crippen MR) is 94.3 cm³/mol. The molecule has 120 valence electrons.